The van der Waals surface area contributed by atoms with Crippen molar-refractivity contribution in [1.29, 1.82) is 0 Å². The number of nitrogens with one attached hydrogen (secondary N) is 1. The van der Waals surface area contributed by atoms with Crippen molar-refractivity contribution in [2.24, 2.45) is 0 Å². The molecule has 1 N–H and O–H groups in total. The average Bonchev–Trinajstić information content (AvgIpc) is 2.40. The highest BCUT2D eigenvalue weighted by Gasteiger charge is 2.12. The summed E-state index contributed by atoms with van der Waals surface area (Å²) in [5.74, 6) is 1.56. The first-order valence-electron chi connectivity index (χ1n) is 7.11. The van der Waals surface area contributed by atoms with Crippen LogP contribution >= 0.6 is 0 Å². The lowest BCUT2D eigenvalue weighted by Gasteiger charge is -2.20. The Kier molecular flexibility index (Phi) is 6.82. The van der Waals surface area contributed by atoms with Crippen molar-refractivity contribution in [3.05, 3.63) is 23.8 Å². The van der Waals surface area contributed by atoms with E-state index in [0.29, 0.717) is 13.2 Å². The summed E-state index contributed by atoms with van der Waals surface area (Å²) in [5, 5.41) is 3.30. The Morgan fingerprint density at radius 1 is 1.15 bits per heavy atom. The summed E-state index contributed by atoms with van der Waals surface area (Å²) in [6, 6.07) is 5.94. The standard InChI is InChI=1S/C16H27NO3/c1-6-17-12-13-8-7-9-14(18-5)15(13)19-10-11-20-16(2,3)4/h7-9,17H,6,10-12H2,1-5H3. The monoisotopic (exact) mass is 281 g/mol. The third-order valence-corrected chi connectivity index (χ3v) is 2.71. The Labute approximate surface area is 122 Å². The first kappa shape index (κ1) is 16.8. The molecule has 0 saturated carbocycles. The smallest absolute Gasteiger partial charge is 0.165 e. The van der Waals surface area contributed by atoms with Gasteiger partial charge < -0.3 is 19.5 Å². The molecule has 0 spiro atoms. The molecular weight excluding hydrogens is 254 g/mol. The van der Waals surface area contributed by atoms with Crippen LogP contribution in [-0.2, 0) is 11.3 Å². The highest BCUT2D eigenvalue weighted by Crippen LogP contribution is 2.31. The third-order valence-electron chi connectivity index (χ3n) is 2.71. The largest absolute Gasteiger partial charge is 0.493 e. The quantitative estimate of drug-likeness (QED) is 0.744. The molecule has 0 saturated heterocycles. The van der Waals surface area contributed by atoms with Crippen molar-refractivity contribution in [3.8, 4) is 11.5 Å². The maximum atomic E-state index is 5.86. The molecule has 0 atom stereocenters. The molecule has 1 aromatic rings. The van der Waals surface area contributed by atoms with Gasteiger partial charge >= 0.3 is 0 Å². The molecule has 0 aromatic heterocycles. The van der Waals surface area contributed by atoms with Crippen LogP contribution in [0.5, 0.6) is 11.5 Å². The van der Waals surface area contributed by atoms with Crippen LogP contribution < -0.4 is 14.8 Å². The summed E-state index contributed by atoms with van der Waals surface area (Å²) < 4.78 is 16.9. The van der Waals surface area contributed by atoms with Crippen LogP contribution in [0.1, 0.15) is 33.3 Å². The molecule has 0 bridgehead atoms. The lowest BCUT2D eigenvalue weighted by molar-refractivity contribution is -0.0166. The number of ether oxygens (including phenoxy) is 3. The zero-order chi connectivity index (χ0) is 15.0. The van der Waals surface area contributed by atoms with Crippen LogP contribution in [0.4, 0.5) is 0 Å². The van der Waals surface area contributed by atoms with E-state index >= 15 is 0 Å². The van der Waals surface area contributed by atoms with Crippen LogP contribution in [0.2, 0.25) is 0 Å². The van der Waals surface area contributed by atoms with Gasteiger partial charge in [0.2, 0.25) is 0 Å². The second-order valence-electron chi connectivity index (χ2n) is 5.54. The molecule has 114 valence electrons. The van der Waals surface area contributed by atoms with E-state index in [1.807, 2.05) is 39.0 Å². The van der Waals surface area contributed by atoms with Gasteiger partial charge in [-0.1, -0.05) is 19.1 Å². The first-order chi connectivity index (χ1) is 9.48. The normalized spacial score (nSPS) is 11.4. The molecule has 0 aliphatic carbocycles. The molecule has 0 amide bonds. The summed E-state index contributed by atoms with van der Waals surface area (Å²) in [4.78, 5) is 0. The molecule has 0 radical (unpaired) electrons. The number of hydrogen-bond acceptors (Lipinski definition) is 4. The molecule has 0 fully saturated rings. The minimum Gasteiger partial charge on any atom is -0.493 e. The Balaban J connectivity index is 2.65. The Bertz CT molecular complexity index is 399. The zero-order valence-electron chi connectivity index (χ0n) is 13.3. The minimum absolute atomic E-state index is 0.142. The van der Waals surface area contributed by atoms with Crippen LogP contribution in [0.15, 0.2) is 18.2 Å². The topological polar surface area (TPSA) is 39.7 Å². The van der Waals surface area contributed by atoms with Gasteiger partial charge in [0.15, 0.2) is 11.5 Å². The number of methoxy groups -OCH3 is 1. The third kappa shape index (κ3) is 5.80. The second kappa shape index (κ2) is 8.12. The number of rotatable bonds is 8. The molecule has 20 heavy (non-hydrogen) atoms. The van der Waals surface area contributed by atoms with Crippen molar-refractivity contribution in [1.82, 2.24) is 5.32 Å². The highest BCUT2D eigenvalue weighted by molar-refractivity contribution is 5.46. The molecule has 0 aliphatic rings. The maximum Gasteiger partial charge on any atom is 0.165 e. The average molecular weight is 281 g/mol. The molecule has 1 rings (SSSR count). The van der Waals surface area contributed by atoms with E-state index < -0.39 is 0 Å². The van der Waals surface area contributed by atoms with Crippen LogP contribution in [-0.4, -0.2) is 32.5 Å². The Morgan fingerprint density at radius 3 is 2.50 bits per heavy atom. The molecule has 4 nitrogen and oxygen atoms in total. The summed E-state index contributed by atoms with van der Waals surface area (Å²) in [6.45, 7) is 10.9. The fourth-order valence-corrected chi connectivity index (χ4v) is 1.78. The fourth-order valence-electron chi connectivity index (χ4n) is 1.78. The molecule has 0 aliphatic heterocycles. The van der Waals surface area contributed by atoms with Crippen LogP contribution in [0.25, 0.3) is 0 Å². The van der Waals surface area contributed by atoms with Crippen molar-refractivity contribution in [2.75, 3.05) is 26.9 Å². The number of benzene rings is 1. The van der Waals surface area contributed by atoms with Gasteiger partial charge in [0, 0.05) is 12.1 Å². The fraction of sp³-hybridized carbons (Fsp3) is 0.625. The lowest BCUT2D eigenvalue weighted by atomic mass is 10.2. The predicted octanol–water partition coefficient (Wildman–Crippen LogP) is 3.00. The highest BCUT2D eigenvalue weighted by atomic mass is 16.5. The first-order valence-corrected chi connectivity index (χ1v) is 7.11. The summed E-state index contributed by atoms with van der Waals surface area (Å²) in [6.07, 6.45) is 0. The van der Waals surface area contributed by atoms with E-state index in [1.165, 1.54) is 0 Å². The van der Waals surface area contributed by atoms with Crippen molar-refractivity contribution < 1.29 is 14.2 Å². The van der Waals surface area contributed by atoms with E-state index in [9.17, 15) is 0 Å². The Hall–Kier alpha value is -1.26. The van der Waals surface area contributed by atoms with Gasteiger partial charge in [0.25, 0.3) is 0 Å². The van der Waals surface area contributed by atoms with Gasteiger partial charge in [-0.25, -0.2) is 0 Å². The van der Waals surface area contributed by atoms with Gasteiger partial charge in [0.05, 0.1) is 19.3 Å². The zero-order valence-corrected chi connectivity index (χ0v) is 13.3. The maximum absolute atomic E-state index is 5.86. The molecular formula is C16H27NO3. The lowest BCUT2D eigenvalue weighted by Crippen LogP contribution is -2.23. The minimum atomic E-state index is -0.142. The SMILES string of the molecule is CCNCc1cccc(OC)c1OCCOC(C)(C)C. The predicted molar refractivity (Wildman–Crippen MR) is 81.6 cm³/mol. The van der Waals surface area contributed by atoms with Crippen molar-refractivity contribution in [3.63, 3.8) is 0 Å². The molecule has 1 aromatic carbocycles. The van der Waals surface area contributed by atoms with Gasteiger partial charge in [-0.05, 0) is 33.4 Å². The van der Waals surface area contributed by atoms with Crippen LogP contribution in [0.3, 0.4) is 0 Å². The second-order valence-corrected chi connectivity index (χ2v) is 5.54. The van der Waals surface area contributed by atoms with Crippen molar-refractivity contribution >= 4 is 0 Å². The van der Waals surface area contributed by atoms with Gasteiger partial charge in [-0.3, -0.25) is 0 Å². The molecule has 0 heterocycles. The number of para-hydroxylation sites is 1. The Morgan fingerprint density at radius 2 is 1.90 bits per heavy atom. The van der Waals surface area contributed by atoms with E-state index in [-0.39, 0.29) is 5.60 Å². The van der Waals surface area contributed by atoms with Gasteiger partial charge in [-0.15, -0.1) is 0 Å². The summed E-state index contributed by atoms with van der Waals surface area (Å²) >= 11 is 0. The van der Waals surface area contributed by atoms with E-state index in [2.05, 4.69) is 12.2 Å². The van der Waals surface area contributed by atoms with E-state index in [1.54, 1.807) is 7.11 Å². The summed E-state index contributed by atoms with van der Waals surface area (Å²) in [5.41, 5.74) is 0.957. The summed E-state index contributed by atoms with van der Waals surface area (Å²) in [7, 11) is 1.66. The van der Waals surface area contributed by atoms with E-state index in [0.717, 1.165) is 30.2 Å². The van der Waals surface area contributed by atoms with Crippen molar-refractivity contribution in [2.45, 2.75) is 39.8 Å². The number of hydrogen-bond donors (Lipinski definition) is 1. The van der Waals surface area contributed by atoms with E-state index in [4.69, 9.17) is 14.2 Å². The van der Waals surface area contributed by atoms with Gasteiger partial charge in [0.1, 0.15) is 6.61 Å². The molecule has 4 heteroatoms. The van der Waals surface area contributed by atoms with Crippen LogP contribution in [0, 0.1) is 0 Å². The molecule has 0 unspecified atom stereocenters. The van der Waals surface area contributed by atoms with Gasteiger partial charge in [-0.2, -0.15) is 0 Å².